The quantitative estimate of drug-likeness (QED) is 0.721. The summed E-state index contributed by atoms with van der Waals surface area (Å²) >= 11 is 0. The second-order valence-electron chi connectivity index (χ2n) is 6.39. The largest absolute Gasteiger partial charge is 0.434 e. The number of benzene rings is 1. The molecule has 1 atom stereocenters. The Morgan fingerprint density at radius 2 is 1.96 bits per heavy atom. The van der Waals surface area contributed by atoms with E-state index in [-0.39, 0.29) is 5.75 Å². The molecule has 0 spiro atoms. The number of para-hydroxylation sites is 1. The number of carbonyl (C=O) groups excluding carboxylic acids is 3. The first kappa shape index (κ1) is 19.6. The van der Waals surface area contributed by atoms with Crippen LogP contribution in [0.5, 0.6) is 5.75 Å². The van der Waals surface area contributed by atoms with Crippen LogP contribution in [0.1, 0.15) is 38.8 Å². The van der Waals surface area contributed by atoms with E-state index in [1.165, 1.54) is 19.9 Å². The van der Waals surface area contributed by atoms with Gasteiger partial charge in [-0.1, -0.05) is 25.1 Å². The van der Waals surface area contributed by atoms with Crippen molar-refractivity contribution >= 4 is 17.8 Å². The van der Waals surface area contributed by atoms with E-state index in [1.807, 2.05) is 0 Å². The van der Waals surface area contributed by atoms with Crippen molar-refractivity contribution in [1.29, 1.82) is 0 Å². The molecular weight excluding hydrogens is 348 g/mol. The van der Waals surface area contributed by atoms with Crippen LogP contribution >= 0.6 is 0 Å². The van der Waals surface area contributed by atoms with Crippen molar-refractivity contribution in [2.24, 2.45) is 0 Å². The molecule has 2 rings (SSSR count). The molecule has 2 N–H and O–H groups in total. The molecule has 1 fully saturated rings. The molecular formula is C17H21F2N3O4. The fourth-order valence-electron chi connectivity index (χ4n) is 2.72. The zero-order valence-electron chi connectivity index (χ0n) is 14.7. The Bertz CT molecular complexity index is 709. The van der Waals surface area contributed by atoms with Crippen LogP contribution in [0.3, 0.4) is 0 Å². The molecule has 4 amide bonds. The van der Waals surface area contributed by atoms with Crippen molar-refractivity contribution in [2.75, 3.05) is 6.54 Å². The highest BCUT2D eigenvalue weighted by Gasteiger charge is 2.44. The van der Waals surface area contributed by atoms with Crippen molar-refractivity contribution in [2.45, 2.75) is 45.4 Å². The number of alkyl halides is 2. The van der Waals surface area contributed by atoms with E-state index in [2.05, 4.69) is 15.4 Å². The van der Waals surface area contributed by atoms with Gasteiger partial charge in [0.1, 0.15) is 17.8 Å². The Morgan fingerprint density at radius 1 is 1.31 bits per heavy atom. The second kappa shape index (κ2) is 7.67. The lowest BCUT2D eigenvalue weighted by Gasteiger charge is -2.22. The number of hydrogen-bond acceptors (Lipinski definition) is 4. The predicted molar refractivity (Wildman–Crippen MR) is 88.6 cm³/mol. The van der Waals surface area contributed by atoms with Gasteiger partial charge in [0.15, 0.2) is 0 Å². The molecule has 0 bridgehead atoms. The molecule has 7 nitrogen and oxygen atoms in total. The molecule has 0 aliphatic carbocycles. The molecule has 0 saturated carbocycles. The Kier molecular flexibility index (Phi) is 5.79. The van der Waals surface area contributed by atoms with E-state index in [1.54, 1.807) is 25.1 Å². The predicted octanol–water partition coefficient (Wildman–Crippen LogP) is 2.19. The molecule has 0 radical (unpaired) electrons. The van der Waals surface area contributed by atoms with Gasteiger partial charge in [-0.25, -0.2) is 4.79 Å². The fraction of sp³-hybridized carbons (Fsp3) is 0.471. The highest BCUT2D eigenvalue weighted by molar-refractivity contribution is 6.08. The number of rotatable bonds is 7. The van der Waals surface area contributed by atoms with Gasteiger partial charge in [-0.2, -0.15) is 8.78 Å². The Hall–Kier alpha value is -2.71. The topological polar surface area (TPSA) is 87.7 Å². The van der Waals surface area contributed by atoms with E-state index in [0.29, 0.717) is 12.0 Å². The Labute approximate surface area is 149 Å². The van der Waals surface area contributed by atoms with E-state index in [0.717, 1.165) is 4.90 Å². The third-order valence-electron chi connectivity index (χ3n) is 4.00. The molecule has 9 heteroatoms. The van der Waals surface area contributed by atoms with Crippen LogP contribution in [0.25, 0.3) is 0 Å². The number of hydrogen-bond donors (Lipinski definition) is 2. The molecule has 1 aromatic carbocycles. The number of amides is 4. The van der Waals surface area contributed by atoms with Crippen molar-refractivity contribution in [3.8, 4) is 5.75 Å². The normalized spacial score (nSPS) is 17.2. The van der Waals surface area contributed by atoms with Crippen molar-refractivity contribution < 1.29 is 27.9 Å². The molecule has 26 heavy (non-hydrogen) atoms. The SMILES string of the molecule is CCC(NC(=O)CN1C(=O)NC(C)(C)C1=O)c1ccccc1OC(F)F. The molecule has 1 unspecified atom stereocenters. The number of imide groups is 1. The number of urea groups is 1. The molecule has 142 valence electrons. The molecule has 1 aliphatic rings. The first-order valence-corrected chi connectivity index (χ1v) is 8.13. The summed E-state index contributed by atoms with van der Waals surface area (Å²) in [5.41, 5.74) is -0.680. The molecule has 1 saturated heterocycles. The van der Waals surface area contributed by atoms with Gasteiger partial charge in [-0.15, -0.1) is 0 Å². The minimum Gasteiger partial charge on any atom is -0.434 e. The van der Waals surface area contributed by atoms with Crippen LogP contribution in [0.4, 0.5) is 13.6 Å². The highest BCUT2D eigenvalue weighted by Crippen LogP contribution is 2.28. The van der Waals surface area contributed by atoms with Crippen molar-refractivity contribution in [1.82, 2.24) is 15.5 Å². The third kappa shape index (κ3) is 4.27. The van der Waals surface area contributed by atoms with Crippen LogP contribution in [0, 0.1) is 0 Å². The minimum atomic E-state index is -2.99. The summed E-state index contributed by atoms with van der Waals surface area (Å²) < 4.78 is 29.6. The second-order valence-corrected chi connectivity index (χ2v) is 6.39. The van der Waals surface area contributed by atoms with Gasteiger partial charge in [-0.3, -0.25) is 14.5 Å². The number of nitrogens with one attached hydrogen (secondary N) is 2. The number of carbonyl (C=O) groups is 3. The van der Waals surface area contributed by atoms with Crippen LogP contribution in [-0.4, -0.2) is 41.4 Å². The molecule has 0 aromatic heterocycles. The average molecular weight is 369 g/mol. The van der Waals surface area contributed by atoms with Gasteiger partial charge in [0.25, 0.3) is 5.91 Å². The summed E-state index contributed by atoms with van der Waals surface area (Å²) in [5, 5.41) is 5.14. The van der Waals surface area contributed by atoms with Crippen LogP contribution < -0.4 is 15.4 Å². The smallest absolute Gasteiger partial charge is 0.387 e. The first-order chi connectivity index (χ1) is 12.2. The standard InChI is InChI=1S/C17H21F2N3O4/c1-4-11(10-7-5-6-8-12(10)26-15(18)19)20-13(23)9-22-14(24)17(2,3)21-16(22)25/h5-8,11,15H,4,9H2,1-3H3,(H,20,23)(H,21,25). The van der Waals surface area contributed by atoms with Crippen LogP contribution in [0.2, 0.25) is 0 Å². The van der Waals surface area contributed by atoms with Gasteiger partial charge < -0.3 is 15.4 Å². The lowest BCUT2D eigenvalue weighted by Crippen LogP contribution is -2.43. The van der Waals surface area contributed by atoms with Crippen LogP contribution in [0.15, 0.2) is 24.3 Å². The van der Waals surface area contributed by atoms with Gasteiger partial charge in [-0.05, 0) is 26.3 Å². The summed E-state index contributed by atoms with van der Waals surface area (Å²) in [4.78, 5) is 37.1. The van der Waals surface area contributed by atoms with Gasteiger partial charge in [0, 0.05) is 5.56 Å². The van der Waals surface area contributed by atoms with Crippen molar-refractivity contribution in [3.05, 3.63) is 29.8 Å². The van der Waals surface area contributed by atoms with Gasteiger partial charge >= 0.3 is 12.6 Å². The summed E-state index contributed by atoms with van der Waals surface area (Å²) in [6.45, 7) is 1.40. The van der Waals surface area contributed by atoms with E-state index in [4.69, 9.17) is 0 Å². The molecule has 1 aromatic rings. The summed E-state index contributed by atoms with van der Waals surface area (Å²) in [6, 6.07) is 4.89. The summed E-state index contributed by atoms with van der Waals surface area (Å²) in [5.74, 6) is -1.12. The lowest BCUT2D eigenvalue weighted by atomic mass is 10.0. The molecule has 1 heterocycles. The average Bonchev–Trinajstić information content (AvgIpc) is 2.74. The number of ether oxygens (including phenoxy) is 1. The number of nitrogens with zero attached hydrogens (tertiary/aromatic N) is 1. The van der Waals surface area contributed by atoms with Gasteiger partial charge in [0.2, 0.25) is 5.91 Å². The Balaban J connectivity index is 2.10. The van der Waals surface area contributed by atoms with E-state index >= 15 is 0 Å². The maximum Gasteiger partial charge on any atom is 0.387 e. The van der Waals surface area contributed by atoms with Crippen LogP contribution in [-0.2, 0) is 9.59 Å². The first-order valence-electron chi connectivity index (χ1n) is 8.13. The zero-order chi connectivity index (χ0) is 19.5. The summed E-state index contributed by atoms with van der Waals surface area (Å²) in [6.07, 6.45) is 0.404. The highest BCUT2D eigenvalue weighted by atomic mass is 19.3. The summed E-state index contributed by atoms with van der Waals surface area (Å²) in [7, 11) is 0. The maximum atomic E-state index is 12.6. The lowest BCUT2D eigenvalue weighted by molar-refractivity contribution is -0.134. The maximum absolute atomic E-state index is 12.6. The van der Waals surface area contributed by atoms with Crippen molar-refractivity contribution in [3.63, 3.8) is 0 Å². The fourth-order valence-corrected chi connectivity index (χ4v) is 2.72. The minimum absolute atomic E-state index is 0.0363. The number of halogens is 2. The molecule has 1 aliphatic heterocycles. The zero-order valence-corrected chi connectivity index (χ0v) is 14.7. The third-order valence-corrected chi connectivity index (χ3v) is 4.00. The van der Waals surface area contributed by atoms with Gasteiger partial charge in [0.05, 0.1) is 6.04 Å². The Morgan fingerprint density at radius 3 is 2.50 bits per heavy atom. The van der Waals surface area contributed by atoms with E-state index < -0.39 is 42.6 Å². The monoisotopic (exact) mass is 369 g/mol. The van der Waals surface area contributed by atoms with E-state index in [9.17, 15) is 23.2 Å².